The number of rotatable bonds is 0. The molecule has 0 aromatic heterocycles. The van der Waals surface area contributed by atoms with Crippen molar-refractivity contribution in [2.24, 2.45) is 0 Å². The predicted octanol–water partition coefficient (Wildman–Crippen LogP) is 1.85. The van der Waals surface area contributed by atoms with Crippen LogP contribution < -0.4 is 0 Å². The number of alkyl halides is 2. The Balaban J connectivity index is 2.51. The minimum absolute atomic E-state index is 0.0391. The first-order chi connectivity index (χ1) is 4.51. The van der Waals surface area contributed by atoms with Crippen molar-refractivity contribution in [3.63, 3.8) is 0 Å². The molecule has 0 bridgehead atoms. The quantitative estimate of drug-likeness (QED) is 0.322. The summed E-state index contributed by atoms with van der Waals surface area (Å²) in [6.45, 7) is -0.0509. The van der Waals surface area contributed by atoms with Gasteiger partial charge in [0.15, 0.2) is 4.45 Å². The summed E-state index contributed by atoms with van der Waals surface area (Å²) < 4.78 is 24.8. The molecule has 1 fully saturated rings. The van der Waals surface area contributed by atoms with Crippen LogP contribution in [-0.4, -0.2) is 28.4 Å². The first kappa shape index (κ1) is 8.14. The molecule has 0 radical (unpaired) electrons. The number of hydrogen-bond donors (Lipinski definition) is 0. The van der Waals surface area contributed by atoms with Crippen LogP contribution in [-0.2, 0) is 0 Å². The predicted molar refractivity (Wildman–Crippen MR) is 39.6 cm³/mol. The molecule has 1 heterocycles. The van der Waals surface area contributed by atoms with E-state index in [1.165, 1.54) is 4.90 Å². The van der Waals surface area contributed by atoms with Gasteiger partial charge in [-0.2, -0.15) is 0 Å². The Hall–Kier alpha value is 0.0400. The average molecular weight is 186 g/mol. The first-order valence-electron chi connectivity index (χ1n) is 2.83. The van der Waals surface area contributed by atoms with E-state index in [4.69, 9.17) is 11.6 Å². The lowest BCUT2D eigenvalue weighted by Gasteiger charge is -2.13. The van der Waals surface area contributed by atoms with Gasteiger partial charge in [0.25, 0.3) is 5.92 Å². The van der Waals surface area contributed by atoms with Crippen LogP contribution in [0.2, 0.25) is 0 Å². The number of thiocarbonyl (C=S) groups is 1. The van der Waals surface area contributed by atoms with Crippen LogP contribution in [0, 0.1) is 0 Å². The third-order valence-electron chi connectivity index (χ3n) is 1.42. The van der Waals surface area contributed by atoms with Crippen molar-refractivity contribution >= 4 is 28.3 Å². The highest BCUT2D eigenvalue weighted by atomic mass is 35.5. The molecule has 0 aromatic carbocycles. The summed E-state index contributed by atoms with van der Waals surface area (Å²) in [5.41, 5.74) is 0. The zero-order valence-electron chi connectivity index (χ0n) is 5.11. The Morgan fingerprint density at radius 1 is 1.60 bits per heavy atom. The monoisotopic (exact) mass is 185 g/mol. The van der Waals surface area contributed by atoms with E-state index in [0.717, 1.165) is 0 Å². The third kappa shape index (κ3) is 1.76. The maximum absolute atomic E-state index is 12.4. The van der Waals surface area contributed by atoms with E-state index in [2.05, 4.69) is 12.2 Å². The van der Waals surface area contributed by atoms with Crippen molar-refractivity contribution in [1.29, 1.82) is 0 Å². The lowest BCUT2D eigenvalue weighted by molar-refractivity contribution is 0.0179. The van der Waals surface area contributed by atoms with Crippen molar-refractivity contribution in [1.82, 2.24) is 4.90 Å². The molecule has 0 unspecified atom stereocenters. The van der Waals surface area contributed by atoms with E-state index >= 15 is 0 Å². The molecule has 0 aliphatic carbocycles. The summed E-state index contributed by atoms with van der Waals surface area (Å²) in [5, 5.41) is 0. The Labute approximate surface area is 67.9 Å². The van der Waals surface area contributed by atoms with Crippen LogP contribution in [0.3, 0.4) is 0 Å². The zero-order valence-corrected chi connectivity index (χ0v) is 6.68. The smallest absolute Gasteiger partial charge is 0.266 e. The van der Waals surface area contributed by atoms with Crippen LogP contribution in [0.5, 0.6) is 0 Å². The summed E-state index contributed by atoms with van der Waals surface area (Å²) >= 11 is 9.85. The number of halogens is 3. The molecule has 0 spiro atoms. The number of likely N-dealkylation sites (tertiary alicyclic amines) is 1. The van der Waals surface area contributed by atoms with Gasteiger partial charge < -0.3 is 4.90 Å². The molecule has 0 N–H and O–H groups in total. The van der Waals surface area contributed by atoms with E-state index in [9.17, 15) is 8.78 Å². The highest BCUT2D eigenvalue weighted by Gasteiger charge is 2.38. The van der Waals surface area contributed by atoms with E-state index in [1.54, 1.807) is 0 Å². The molecule has 0 amide bonds. The van der Waals surface area contributed by atoms with Crippen LogP contribution in [0.15, 0.2) is 0 Å². The minimum Gasteiger partial charge on any atom is -0.347 e. The van der Waals surface area contributed by atoms with Crippen LogP contribution >= 0.6 is 23.8 Å². The van der Waals surface area contributed by atoms with Crippen molar-refractivity contribution in [2.75, 3.05) is 13.1 Å². The van der Waals surface area contributed by atoms with Gasteiger partial charge in [-0.1, -0.05) is 11.6 Å². The third-order valence-corrected chi connectivity index (χ3v) is 1.92. The van der Waals surface area contributed by atoms with E-state index in [1.807, 2.05) is 0 Å². The average Bonchev–Trinajstić information content (AvgIpc) is 2.10. The maximum atomic E-state index is 12.4. The van der Waals surface area contributed by atoms with Gasteiger partial charge in [-0.15, -0.1) is 0 Å². The first-order valence-corrected chi connectivity index (χ1v) is 3.62. The highest BCUT2D eigenvalue weighted by molar-refractivity contribution is 7.83. The standard InChI is InChI=1S/C5H6ClF2NS/c6-4(10)9-2-1-5(7,8)3-9/h1-3H2. The van der Waals surface area contributed by atoms with Gasteiger partial charge in [0, 0.05) is 13.0 Å². The van der Waals surface area contributed by atoms with E-state index in [-0.39, 0.29) is 24.0 Å². The largest absolute Gasteiger partial charge is 0.347 e. The fraction of sp³-hybridized carbons (Fsp3) is 0.800. The maximum Gasteiger partial charge on any atom is 0.266 e. The normalized spacial score (nSPS) is 23.3. The van der Waals surface area contributed by atoms with Gasteiger partial charge >= 0.3 is 0 Å². The zero-order chi connectivity index (χ0) is 7.78. The summed E-state index contributed by atoms with van der Waals surface area (Å²) in [6.07, 6.45) is -0.139. The minimum atomic E-state index is -2.60. The summed E-state index contributed by atoms with van der Waals surface area (Å²) in [4.78, 5) is 1.30. The molecule has 1 saturated heterocycles. The van der Waals surface area contributed by atoms with Gasteiger partial charge in [0.1, 0.15) is 0 Å². The lowest BCUT2D eigenvalue weighted by Crippen LogP contribution is -2.26. The van der Waals surface area contributed by atoms with Gasteiger partial charge in [0.05, 0.1) is 6.54 Å². The Bertz CT molecular complexity index is 162. The van der Waals surface area contributed by atoms with Gasteiger partial charge in [0.2, 0.25) is 0 Å². The topological polar surface area (TPSA) is 3.24 Å². The molecule has 5 heteroatoms. The van der Waals surface area contributed by atoms with Gasteiger partial charge in [-0.3, -0.25) is 0 Å². The van der Waals surface area contributed by atoms with Crippen molar-refractivity contribution in [2.45, 2.75) is 12.3 Å². The number of hydrogen-bond acceptors (Lipinski definition) is 1. The van der Waals surface area contributed by atoms with Crippen molar-refractivity contribution in [3.8, 4) is 0 Å². The second-order valence-corrected chi connectivity index (χ2v) is 3.25. The van der Waals surface area contributed by atoms with E-state index < -0.39 is 5.92 Å². The van der Waals surface area contributed by atoms with Crippen LogP contribution in [0.25, 0.3) is 0 Å². The van der Waals surface area contributed by atoms with Gasteiger partial charge in [-0.25, -0.2) is 8.78 Å². The molecular weight excluding hydrogens is 180 g/mol. The van der Waals surface area contributed by atoms with Gasteiger partial charge in [-0.05, 0) is 12.2 Å². The Morgan fingerprint density at radius 2 is 2.20 bits per heavy atom. The molecule has 1 aliphatic rings. The molecule has 10 heavy (non-hydrogen) atoms. The second-order valence-electron chi connectivity index (χ2n) is 2.28. The molecule has 1 rings (SSSR count). The van der Waals surface area contributed by atoms with E-state index in [0.29, 0.717) is 0 Å². The molecule has 58 valence electrons. The molecule has 0 saturated carbocycles. The summed E-state index contributed by atoms with van der Waals surface area (Å²) in [5.74, 6) is -2.60. The Kier molecular flexibility index (Phi) is 2.10. The Morgan fingerprint density at radius 3 is 2.40 bits per heavy atom. The van der Waals surface area contributed by atoms with Crippen LogP contribution in [0.1, 0.15) is 6.42 Å². The summed E-state index contributed by atoms with van der Waals surface area (Å²) in [7, 11) is 0. The highest BCUT2D eigenvalue weighted by Crippen LogP contribution is 2.27. The fourth-order valence-corrected chi connectivity index (χ4v) is 1.19. The van der Waals surface area contributed by atoms with Crippen LogP contribution in [0.4, 0.5) is 8.78 Å². The molecule has 1 aliphatic heterocycles. The molecular formula is C5H6ClF2NS. The second kappa shape index (κ2) is 2.58. The summed E-state index contributed by atoms with van der Waals surface area (Å²) in [6, 6.07) is 0. The fourth-order valence-electron chi connectivity index (χ4n) is 0.886. The molecule has 0 atom stereocenters. The van der Waals surface area contributed by atoms with Crippen molar-refractivity contribution < 1.29 is 8.78 Å². The molecule has 0 aromatic rings. The lowest BCUT2D eigenvalue weighted by atomic mass is 10.3. The SMILES string of the molecule is FC1(F)CCN(C(=S)Cl)C1. The van der Waals surface area contributed by atoms with Crippen molar-refractivity contribution in [3.05, 3.63) is 0 Å². The molecule has 1 nitrogen and oxygen atoms in total. The number of nitrogens with zero attached hydrogens (tertiary/aromatic N) is 1.